The number of nitrogens with zero attached hydrogens (tertiary/aromatic N) is 1. The largest absolute Gasteiger partial charge is 0.496 e. The second-order valence-electron chi connectivity index (χ2n) is 6.21. The summed E-state index contributed by atoms with van der Waals surface area (Å²) in [5, 5.41) is 10.1. The van der Waals surface area contributed by atoms with E-state index in [1.54, 1.807) is 7.11 Å². The van der Waals surface area contributed by atoms with Crippen LogP contribution in [0.15, 0.2) is 18.2 Å². The first-order valence-electron chi connectivity index (χ1n) is 7.55. The minimum absolute atomic E-state index is 0.124. The SMILES string of the molecule is COc1cc(CC(=O)N2CCCC(C)(O)CC2)ccc1C. The molecule has 0 spiro atoms. The van der Waals surface area contributed by atoms with Gasteiger partial charge in [-0.1, -0.05) is 12.1 Å². The first-order chi connectivity index (χ1) is 9.91. The molecule has 1 saturated heterocycles. The quantitative estimate of drug-likeness (QED) is 0.929. The predicted octanol–water partition coefficient (Wildman–Crippen LogP) is 2.31. The van der Waals surface area contributed by atoms with Crippen molar-refractivity contribution >= 4 is 5.91 Å². The van der Waals surface area contributed by atoms with Crippen LogP contribution in [0.3, 0.4) is 0 Å². The Balaban J connectivity index is 2.01. The third kappa shape index (κ3) is 4.21. The molecule has 0 aliphatic carbocycles. The van der Waals surface area contributed by atoms with E-state index < -0.39 is 5.60 Å². The van der Waals surface area contributed by atoms with Crippen LogP contribution in [-0.2, 0) is 11.2 Å². The van der Waals surface area contributed by atoms with Gasteiger partial charge in [-0.25, -0.2) is 0 Å². The summed E-state index contributed by atoms with van der Waals surface area (Å²) in [5.74, 6) is 0.942. The molecule has 1 aliphatic rings. The molecule has 0 radical (unpaired) electrons. The van der Waals surface area contributed by atoms with Crippen molar-refractivity contribution in [3.63, 3.8) is 0 Å². The van der Waals surface area contributed by atoms with Crippen molar-refractivity contribution in [1.29, 1.82) is 0 Å². The number of aryl methyl sites for hydroxylation is 1. The second-order valence-corrected chi connectivity index (χ2v) is 6.21. The molecule has 0 bridgehead atoms. The maximum absolute atomic E-state index is 12.4. The van der Waals surface area contributed by atoms with Crippen LogP contribution >= 0.6 is 0 Å². The van der Waals surface area contributed by atoms with Gasteiger partial charge in [0.2, 0.25) is 5.91 Å². The van der Waals surface area contributed by atoms with Gasteiger partial charge in [-0.15, -0.1) is 0 Å². The number of rotatable bonds is 3. The summed E-state index contributed by atoms with van der Waals surface area (Å²) in [6.07, 6.45) is 2.65. The van der Waals surface area contributed by atoms with E-state index in [0.717, 1.165) is 36.3 Å². The smallest absolute Gasteiger partial charge is 0.226 e. The molecule has 1 aromatic carbocycles. The van der Waals surface area contributed by atoms with E-state index in [4.69, 9.17) is 4.74 Å². The monoisotopic (exact) mass is 291 g/mol. The van der Waals surface area contributed by atoms with E-state index in [2.05, 4.69) is 0 Å². The van der Waals surface area contributed by atoms with Gasteiger partial charge in [0, 0.05) is 13.1 Å². The lowest BCUT2D eigenvalue weighted by atomic mass is 9.98. The molecule has 0 aromatic heterocycles. The molecule has 116 valence electrons. The summed E-state index contributed by atoms with van der Waals surface area (Å²) >= 11 is 0. The van der Waals surface area contributed by atoms with Gasteiger partial charge in [0.25, 0.3) is 0 Å². The maximum atomic E-state index is 12.4. The highest BCUT2D eigenvalue weighted by atomic mass is 16.5. The van der Waals surface area contributed by atoms with Gasteiger partial charge in [-0.3, -0.25) is 4.79 Å². The number of ether oxygens (including phenoxy) is 1. The van der Waals surface area contributed by atoms with Crippen LogP contribution in [0.5, 0.6) is 5.75 Å². The Bertz CT molecular complexity index is 511. The Labute approximate surface area is 126 Å². The highest BCUT2D eigenvalue weighted by Crippen LogP contribution is 2.23. The number of carbonyl (C=O) groups excluding carboxylic acids is 1. The first-order valence-corrected chi connectivity index (χ1v) is 7.55. The molecule has 1 N–H and O–H groups in total. The third-order valence-corrected chi connectivity index (χ3v) is 4.24. The van der Waals surface area contributed by atoms with E-state index in [9.17, 15) is 9.90 Å². The van der Waals surface area contributed by atoms with Crippen molar-refractivity contribution in [2.24, 2.45) is 0 Å². The molecule has 1 fully saturated rings. The second kappa shape index (κ2) is 6.48. The van der Waals surface area contributed by atoms with Gasteiger partial charge in [-0.05, 0) is 50.3 Å². The summed E-state index contributed by atoms with van der Waals surface area (Å²) in [7, 11) is 1.64. The van der Waals surface area contributed by atoms with Crippen LogP contribution in [0.4, 0.5) is 0 Å². The average Bonchev–Trinajstić information content (AvgIpc) is 2.62. The minimum atomic E-state index is -0.637. The van der Waals surface area contributed by atoms with Crippen LogP contribution in [0, 0.1) is 6.92 Å². The van der Waals surface area contributed by atoms with Gasteiger partial charge in [0.1, 0.15) is 5.75 Å². The number of hydrogen-bond acceptors (Lipinski definition) is 3. The fourth-order valence-electron chi connectivity index (χ4n) is 2.77. The topological polar surface area (TPSA) is 49.8 Å². The average molecular weight is 291 g/mol. The van der Waals surface area contributed by atoms with E-state index in [0.29, 0.717) is 19.4 Å². The molecule has 4 heteroatoms. The van der Waals surface area contributed by atoms with Gasteiger partial charge in [-0.2, -0.15) is 0 Å². The number of amides is 1. The fourth-order valence-corrected chi connectivity index (χ4v) is 2.77. The molecule has 2 rings (SSSR count). The van der Waals surface area contributed by atoms with Gasteiger partial charge >= 0.3 is 0 Å². The molecule has 1 aliphatic heterocycles. The molecule has 1 atom stereocenters. The zero-order chi connectivity index (χ0) is 15.5. The van der Waals surface area contributed by atoms with Gasteiger partial charge in [0.05, 0.1) is 19.1 Å². The molecule has 1 aromatic rings. The molecule has 4 nitrogen and oxygen atoms in total. The van der Waals surface area contributed by atoms with Crippen molar-refractivity contribution in [3.8, 4) is 5.75 Å². The lowest BCUT2D eigenvalue weighted by molar-refractivity contribution is -0.130. The van der Waals surface area contributed by atoms with E-state index in [1.165, 1.54) is 0 Å². The van der Waals surface area contributed by atoms with Crippen molar-refractivity contribution in [3.05, 3.63) is 29.3 Å². The van der Waals surface area contributed by atoms with Crippen molar-refractivity contribution < 1.29 is 14.6 Å². The lowest BCUT2D eigenvalue weighted by Crippen LogP contribution is -2.34. The van der Waals surface area contributed by atoms with Crippen LogP contribution in [0.2, 0.25) is 0 Å². The van der Waals surface area contributed by atoms with Crippen LogP contribution < -0.4 is 4.74 Å². The molecule has 1 unspecified atom stereocenters. The predicted molar refractivity (Wildman–Crippen MR) is 82.5 cm³/mol. The molecule has 0 saturated carbocycles. The number of methoxy groups -OCH3 is 1. The summed E-state index contributed by atoms with van der Waals surface area (Å²) in [4.78, 5) is 14.3. The molecule has 1 amide bonds. The Hall–Kier alpha value is -1.55. The third-order valence-electron chi connectivity index (χ3n) is 4.24. The van der Waals surface area contributed by atoms with Crippen LogP contribution in [-0.4, -0.2) is 41.7 Å². The molecule has 1 heterocycles. The molecular weight excluding hydrogens is 266 g/mol. The lowest BCUT2D eigenvalue weighted by Gasteiger charge is -2.22. The van der Waals surface area contributed by atoms with Crippen molar-refractivity contribution in [2.45, 2.75) is 45.1 Å². The van der Waals surface area contributed by atoms with E-state index in [1.807, 2.05) is 36.9 Å². The number of carbonyl (C=O) groups is 1. The van der Waals surface area contributed by atoms with Gasteiger partial charge in [0.15, 0.2) is 0 Å². The minimum Gasteiger partial charge on any atom is -0.496 e. The Morgan fingerprint density at radius 1 is 1.38 bits per heavy atom. The maximum Gasteiger partial charge on any atom is 0.226 e. The normalized spacial score (nSPS) is 22.8. The van der Waals surface area contributed by atoms with E-state index in [-0.39, 0.29) is 5.91 Å². The van der Waals surface area contributed by atoms with Crippen LogP contribution in [0.1, 0.15) is 37.3 Å². The molecular formula is C17H25NO3. The van der Waals surface area contributed by atoms with Gasteiger partial charge < -0.3 is 14.7 Å². The highest BCUT2D eigenvalue weighted by Gasteiger charge is 2.26. The van der Waals surface area contributed by atoms with E-state index >= 15 is 0 Å². The first kappa shape index (κ1) is 15.8. The van der Waals surface area contributed by atoms with Crippen molar-refractivity contribution in [2.75, 3.05) is 20.2 Å². The molecule has 21 heavy (non-hydrogen) atoms. The van der Waals surface area contributed by atoms with Crippen LogP contribution in [0.25, 0.3) is 0 Å². The fraction of sp³-hybridized carbons (Fsp3) is 0.588. The highest BCUT2D eigenvalue weighted by molar-refractivity contribution is 5.79. The zero-order valence-corrected chi connectivity index (χ0v) is 13.2. The summed E-state index contributed by atoms with van der Waals surface area (Å²) in [5.41, 5.74) is 1.40. The summed E-state index contributed by atoms with van der Waals surface area (Å²) in [6.45, 7) is 5.21. The Morgan fingerprint density at radius 2 is 2.14 bits per heavy atom. The zero-order valence-electron chi connectivity index (χ0n) is 13.2. The van der Waals surface area contributed by atoms with Crippen molar-refractivity contribution in [1.82, 2.24) is 4.90 Å². The number of likely N-dealkylation sites (tertiary alicyclic amines) is 1. The Kier molecular flexibility index (Phi) is 4.88. The number of benzene rings is 1. The summed E-state index contributed by atoms with van der Waals surface area (Å²) < 4.78 is 5.30. The number of aliphatic hydroxyl groups is 1. The summed E-state index contributed by atoms with van der Waals surface area (Å²) in [6, 6.07) is 5.89. The Morgan fingerprint density at radius 3 is 2.86 bits per heavy atom. The standard InChI is InChI=1S/C17H25NO3/c1-13-5-6-14(11-15(13)21-3)12-16(19)18-9-4-7-17(2,20)8-10-18/h5-6,11,20H,4,7-10,12H2,1-3H3. The number of hydrogen-bond donors (Lipinski definition) is 1.